The Kier molecular flexibility index (Phi) is 5.77. The lowest BCUT2D eigenvalue weighted by atomic mass is 9.82. The van der Waals surface area contributed by atoms with E-state index in [9.17, 15) is 9.90 Å². The number of rotatable bonds is 6. The van der Waals surface area contributed by atoms with E-state index in [1.807, 2.05) is 72.8 Å². The van der Waals surface area contributed by atoms with Gasteiger partial charge in [0.15, 0.2) is 0 Å². The number of carbonyl (C=O) groups excluding carboxylic acids is 1. The molecule has 5 heteroatoms. The van der Waals surface area contributed by atoms with Gasteiger partial charge in [-0.3, -0.25) is 0 Å². The third-order valence-corrected chi connectivity index (χ3v) is 8.09. The number of esters is 1. The number of carbonyl (C=O) groups is 1. The summed E-state index contributed by atoms with van der Waals surface area (Å²) < 4.78 is 8.25. The summed E-state index contributed by atoms with van der Waals surface area (Å²) in [5.74, 6) is -0.367. The lowest BCUT2D eigenvalue weighted by molar-refractivity contribution is -0.160. The molecule has 1 unspecified atom stereocenters. The van der Waals surface area contributed by atoms with E-state index < -0.39 is 11.6 Å². The molecule has 0 bridgehead atoms. The highest BCUT2D eigenvalue weighted by Gasteiger charge is 2.43. The molecule has 160 valence electrons. The Morgan fingerprint density at radius 3 is 2.34 bits per heavy atom. The number of thioether (sulfide) groups is 1. The predicted molar refractivity (Wildman–Crippen MR) is 131 cm³/mol. The minimum Gasteiger partial charge on any atom is -0.511 e. The van der Waals surface area contributed by atoms with Gasteiger partial charge < -0.3 is 9.84 Å². The molecule has 1 atom stereocenters. The third-order valence-electron chi connectivity index (χ3n) is 5.75. The average molecular weight is 459 g/mol. The Hall–Kier alpha value is -3.02. The molecule has 32 heavy (non-hydrogen) atoms. The van der Waals surface area contributed by atoms with E-state index in [-0.39, 0.29) is 17.1 Å². The lowest BCUT2D eigenvalue weighted by Crippen LogP contribution is -2.38. The van der Waals surface area contributed by atoms with Crippen molar-refractivity contribution in [1.82, 2.24) is 0 Å². The van der Waals surface area contributed by atoms with Crippen LogP contribution >= 0.6 is 23.1 Å². The van der Waals surface area contributed by atoms with Crippen LogP contribution in [-0.4, -0.2) is 11.1 Å². The first kappa shape index (κ1) is 20.9. The Morgan fingerprint density at radius 2 is 1.62 bits per heavy atom. The van der Waals surface area contributed by atoms with E-state index in [1.54, 1.807) is 11.3 Å². The van der Waals surface area contributed by atoms with Gasteiger partial charge in [-0.1, -0.05) is 90.6 Å². The molecular weight excluding hydrogens is 436 g/mol. The first-order valence-corrected chi connectivity index (χ1v) is 12.2. The van der Waals surface area contributed by atoms with Gasteiger partial charge in [-0.2, -0.15) is 0 Å². The Morgan fingerprint density at radius 1 is 0.938 bits per heavy atom. The zero-order valence-corrected chi connectivity index (χ0v) is 19.0. The zero-order chi connectivity index (χ0) is 22.0. The Bertz CT molecular complexity index is 1250. The summed E-state index contributed by atoms with van der Waals surface area (Å²) >= 11 is 2.90. The summed E-state index contributed by atoms with van der Waals surface area (Å²) in [4.78, 5) is 13.4. The second-order valence-electron chi connectivity index (χ2n) is 7.89. The van der Waals surface area contributed by atoms with Gasteiger partial charge in [0.05, 0.1) is 10.6 Å². The SMILES string of the molecule is O=C1OC(CCc2ccccc2)(c2ccccc2)CC(O)=C1Sc1cc2ccccc2s1. The first-order valence-electron chi connectivity index (χ1n) is 10.5. The van der Waals surface area contributed by atoms with Crippen LogP contribution in [0.1, 0.15) is 24.0 Å². The van der Waals surface area contributed by atoms with Crippen LogP contribution in [0, 0.1) is 0 Å². The highest BCUT2D eigenvalue weighted by atomic mass is 32.2. The molecule has 3 aromatic carbocycles. The molecule has 1 aliphatic rings. The van der Waals surface area contributed by atoms with Crippen LogP contribution in [0.4, 0.5) is 0 Å². The Balaban J connectivity index is 1.45. The number of aliphatic hydroxyl groups excluding tert-OH is 1. The maximum Gasteiger partial charge on any atom is 0.349 e. The number of aliphatic hydroxyl groups is 1. The molecule has 1 aliphatic heterocycles. The van der Waals surface area contributed by atoms with Crippen molar-refractivity contribution >= 4 is 39.2 Å². The van der Waals surface area contributed by atoms with Gasteiger partial charge in [0.1, 0.15) is 16.3 Å². The molecule has 0 fully saturated rings. The maximum absolute atomic E-state index is 13.2. The summed E-state index contributed by atoms with van der Waals surface area (Å²) in [5.41, 5.74) is 1.19. The van der Waals surface area contributed by atoms with Crippen molar-refractivity contribution < 1.29 is 14.6 Å². The number of thiophene rings is 1. The van der Waals surface area contributed by atoms with E-state index >= 15 is 0 Å². The number of ether oxygens (including phenoxy) is 1. The molecule has 0 saturated carbocycles. The molecular formula is C27H22O3S2. The monoisotopic (exact) mass is 458 g/mol. The summed E-state index contributed by atoms with van der Waals surface area (Å²) in [6.45, 7) is 0. The molecule has 2 heterocycles. The van der Waals surface area contributed by atoms with Crippen LogP contribution in [0.5, 0.6) is 0 Å². The molecule has 0 amide bonds. The van der Waals surface area contributed by atoms with Gasteiger partial charge in [-0.05, 0) is 41.5 Å². The largest absolute Gasteiger partial charge is 0.511 e. The van der Waals surface area contributed by atoms with Crippen LogP contribution in [0.25, 0.3) is 10.1 Å². The summed E-state index contributed by atoms with van der Waals surface area (Å²) in [6, 6.07) is 30.1. The highest BCUT2D eigenvalue weighted by molar-refractivity contribution is 8.05. The normalized spacial score (nSPS) is 18.7. The fraction of sp³-hybridized carbons (Fsp3) is 0.148. The summed E-state index contributed by atoms with van der Waals surface area (Å²) in [7, 11) is 0. The number of hydrogen-bond donors (Lipinski definition) is 1. The molecule has 0 aliphatic carbocycles. The second-order valence-corrected chi connectivity index (χ2v) is 10.3. The minimum atomic E-state index is -0.886. The van der Waals surface area contributed by atoms with Crippen molar-refractivity contribution in [2.75, 3.05) is 0 Å². The highest BCUT2D eigenvalue weighted by Crippen LogP contribution is 2.46. The van der Waals surface area contributed by atoms with E-state index in [0.29, 0.717) is 6.42 Å². The van der Waals surface area contributed by atoms with E-state index in [2.05, 4.69) is 18.2 Å². The van der Waals surface area contributed by atoms with Crippen LogP contribution in [0.3, 0.4) is 0 Å². The fourth-order valence-corrected chi connectivity index (χ4v) is 6.30. The van der Waals surface area contributed by atoms with Crippen LogP contribution in [0.15, 0.2) is 106 Å². The van der Waals surface area contributed by atoms with Gasteiger partial charge in [0.25, 0.3) is 0 Å². The number of aryl methyl sites for hydroxylation is 1. The molecule has 3 nitrogen and oxygen atoms in total. The van der Waals surface area contributed by atoms with Crippen LogP contribution < -0.4 is 0 Å². The van der Waals surface area contributed by atoms with Crippen molar-refractivity contribution in [1.29, 1.82) is 0 Å². The molecule has 1 aromatic heterocycles. The van der Waals surface area contributed by atoms with Gasteiger partial charge in [0.2, 0.25) is 0 Å². The minimum absolute atomic E-state index is 0.0978. The van der Waals surface area contributed by atoms with Gasteiger partial charge >= 0.3 is 5.97 Å². The molecule has 0 radical (unpaired) electrons. The second kappa shape index (κ2) is 8.85. The quantitative estimate of drug-likeness (QED) is 0.309. The summed E-state index contributed by atoms with van der Waals surface area (Å²) in [5, 5.41) is 12.2. The van der Waals surface area contributed by atoms with E-state index in [1.165, 1.54) is 17.3 Å². The topological polar surface area (TPSA) is 46.5 Å². The van der Waals surface area contributed by atoms with Gasteiger partial charge in [0, 0.05) is 4.70 Å². The van der Waals surface area contributed by atoms with Crippen molar-refractivity contribution in [3.63, 3.8) is 0 Å². The zero-order valence-electron chi connectivity index (χ0n) is 17.4. The lowest BCUT2D eigenvalue weighted by Gasteiger charge is -2.37. The van der Waals surface area contributed by atoms with E-state index in [4.69, 9.17) is 4.74 Å². The number of cyclic esters (lactones) is 1. The van der Waals surface area contributed by atoms with E-state index in [0.717, 1.165) is 26.3 Å². The fourth-order valence-electron chi connectivity index (χ4n) is 4.12. The van der Waals surface area contributed by atoms with Crippen LogP contribution in [-0.2, 0) is 21.6 Å². The smallest absolute Gasteiger partial charge is 0.349 e. The molecule has 1 N–H and O–H groups in total. The molecule has 0 saturated heterocycles. The number of benzene rings is 3. The van der Waals surface area contributed by atoms with Gasteiger partial charge in [-0.25, -0.2) is 4.79 Å². The molecule has 0 spiro atoms. The van der Waals surface area contributed by atoms with Crippen LogP contribution in [0.2, 0.25) is 0 Å². The first-order chi connectivity index (χ1) is 15.6. The maximum atomic E-state index is 13.2. The number of fused-ring (bicyclic) bond motifs is 1. The van der Waals surface area contributed by atoms with Gasteiger partial charge in [-0.15, -0.1) is 11.3 Å². The standard InChI is InChI=1S/C27H22O3S2/c28-22-18-27(21-12-5-2-6-13-21,16-15-19-9-3-1-4-10-19)30-26(29)25(22)32-24-17-20-11-7-8-14-23(20)31-24/h1-14,17,28H,15-16,18H2. The predicted octanol–water partition coefficient (Wildman–Crippen LogP) is 7.24. The van der Waals surface area contributed by atoms with Crippen molar-refractivity contribution in [3.05, 3.63) is 113 Å². The summed E-state index contributed by atoms with van der Waals surface area (Å²) in [6.07, 6.45) is 1.61. The van der Waals surface area contributed by atoms with Crippen molar-refractivity contribution in [2.24, 2.45) is 0 Å². The Labute approximate surface area is 195 Å². The average Bonchev–Trinajstić information content (AvgIpc) is 3.24. The van der Waals surface area contributed by atoms with Crippen molar-refractivity contribution in [2.45, 2.75) is 29.1 Å². The molecule has 4 aromatic rings. The van der Waals surface area contributed by atoms with Crippen molar-refractivity contribution in [3.8, 4) is 0 Å². The molecule has 5 rings (SSSR count). The third kappa shape index (κ3) is 4.18. The number of hydrogen-bond acceptors (Lipinski definition) is 5.